The number of amides is 1. The summed E-state index contributed by atoms with van der Waals surface area (Å²) in [4.78, 5) is 19.3. The highest BCUT2D eigenvalue weighted by atomic mass is 127. The van der Waals surface area contributed by atoms with Gasteiger partial charge in [0.1, 0.15) is 0 Å². The Labute approximate surface area is 209 Å². The summed E-state index contributed by atoms with van der Waals surface area (Å²) in [5, 5.41) is 6.36. The Hall–Kier alpha value is -1.36. The third-order valence-electron chi connectivity index (χ3n) is 6.26. The molecule has 1 aliphatic carbocycles. The quantitative estimate of drug-likeness (QED) is 0.316. The molecule has 7 nitrogen and oxygen atoms in total. The Morgan fingerprint density at radius 1 is 1.22 bits per heavy atom. The van der Waals surface area contributed by atoms with Gasteiger partial charge in [-0.05, 0) is 51.3 Å². The molecule has 0 unspecified atom stereocenters. The third-order valence-corrected chi connectivity index (χ3v) is 8.79. The molecular weight excluding hydrogens is 539 g/mol. The number of carbonyl (C=O) groups is 1. The van der Waals surface area contributed by atoms with Crippen LogP contribution in [-0.2, 0) is 21.2 Å². The number of halogens is 1. The van der Waals surface area contributed by atoms with Crippen molar-refractivity contribution in [3.8, 4) is 0 Å². The molecule has 1 aliphatic heterocycles. The van der Waals surface area contributed by atoms with Crippen LogP contribution in [0.1, 0.15) is 58.4 Å². The van der Waals surface area contributed by atoms with Crippen LogP contribution in [0.2, 0.25) is 0 Å². The highest BCUT2D eigenvalue weighted by molar-refractivity contribution is 14.0. The average Bonchev–Trinajstić information content (AvgIpc) is 2.74. The van der Waals surface area contributed by atoms with E-state index in [9.17, 15) is 13.2 Å². The fourth-order valence-corrected chi connectivity index (χ4v) is 5.64. The minimum absolute atomic E-state index is 0. The number of guanidine groups is 1. The SMILES string of the molecule is CCNC(=NCc1cccc(NC(=O)C2CCCCC2)c1)N1CCS(=O)(=O)C(C)(C)C1.I. The minimum atomic E-state index is -3.10. The van der Waals surface area contributed by atoms with Gasteiger partial charge in [-0.1, -0.05) is 31.4 Å². The number of hydrogen-bond donors (Lipinski definition) is 2. The Kier molecular flexibility index (Phi) is 9.81. The van der Waals surface area contributed by atoms with Gasteiger partial charge in [0.05, 0.1) is 17.0 Å². The summed E-state index contributed by atoms with van der Waals surface area (Å²) in [6.07, 6.45) is 5.45. The van der Waals surface area contributed by atoms with Gasteiger partial charge in [-0.25, -0.2) is 13.4 Å². The van der Waals surface area contributed by atoms with Crippen molar-refractivity contribution in [2.75, 3.05) is 30.7 Å². The second-order valence-corrected chi connectivity index (χ2v) is 11.9. The Morgan fingerprint density at radius 3 is 2.59 bits per heavy atom. The zero-order chi connectivity index (χ0) is 22.5. The number of sulfone groups is 1. The lowest BCUT2D eigenvalue weighted by molar-refractivity contribution is -0.120. The third kappa shape index (κ3) is 6.82. The predicted octanol–water partition coefficient (Wildman–Crippen LogP) is 3.80. The van der Waals surface area contributed by atoms with Crippen LogP contribution in [0, 0.1) is 5.92 Å². The van der Waals surface area contributed by atoms with Gasteiger partial charge in [0.25, 0.3) is 0 Å². The second-order valence-electron chi connectivity index (χ2n) is 9.19. The van der Waals surface area contributed by atoms with Crippen molar-refractivity contribution in [1.29, 1.82) is 0 Å². The molecule has 1 aromatic rings. The number of benzene rings is 1. The zero-order valence-corrected chi connectivity index (χ0v) is 22.5. The first-order valence-corrected chi connectivity index (χ1v) is 13.0. The monoisotopic (exact) mass is 576 g/mol. The van der Waals surface area contributed by atoms with Crippen LogP contribution in [0.5, 0.6) is 0 Å². The largest absolute Gasteiger partial charge is 0.357 e. The van der Waals surface area contributed by atoms with Crippen LogP contribution >= 0.6 is 24.0 Å². The summed E-state index contributed by atoms with van der Waals surface area (Å²) in [5.41, 5.74) is 1.80. The van der Waals surface area contributed by atoms with Crippen LogP contribution in [0.3, 0.4) is 0 Å². The molecule has 0 atom stereocenters. The molecule has 0 radical (unpaired) electrons. The zero-order valence-electron chi connectivity index (χ0n) is 19.4. The number of nitrogens with one attached hydrogen (secondary N) is 2. The van der Waals surface area contributed by atoms with Gasteiger partial charge in [0.15, 0.2) is 15.8 Å². The van der Waals surface area contributed by atoms with E-state index >= 15 is 0 Å². The number of rotatable bonds is 5. The fourth-order valence-electron chi connectivity index (χ4n) is 4.27. The second kappa shape index (κ2) is 11.7. The topological polar surface area (TPSA) is 90.9 Å². The van der Waals surface area contributed by atoms with Gasteiger partial charge < -0.3 is 15.5 Å². The Morgan fingerprint density at radius 2 is 1.94 bits per heavy atom. The van der Waals surface area contributed by atoms with Gasteiger partial charge in [-0.3, -0.25) is 4.79 Å². The maximum absolute atomic E-state index is 12.5. The van der Waals surface area contributed by atoms with Crippen molar-refractivity contribution >= 4 is 51.4 Å². The smallest absolute Gasteiger partial charge is 0.227 e. The van der Waals surface area contributed by atoms with E-state index in [0.717, 1.165) is 42.9 Å². The first-order chi connectivity index (χ1) is 14.7. The molecule has 0 aromatic heterocycles. The summed E-state index contributed by atoms with van der Waals surface area (Å²) in [5.74, 6) is 1.09. The van der Waals surface area contributed by atoms with Crippen LogP contribution in [0.4, 0.5) is 5.69 Å². The van der Waals surface area contributed by atoms with Crippen LogP contribution in [-0.4, -0.2) is 55.3 Å². The number of hydrogen-bond acceptors (Lipinski definition) is 4. The van der Waals surface area contributed by atoms with Crippen LogP contribution < -0.4 is 10.6 Å². The van der Waals surface area contributed by atoms with Gasteiger partial charge in [0, 0.05) is 31.2 Å². The summed E-state index contributed by atoms with van der Waals surface area (Å²) in [7, 11) is -3.10. The lowest BCUT2D eigenvalue weighted by Crippen LogP contribution is -2.57. The van der Waals surface area contributed by atoms with Crippen molar-refractivity contribution in [2.24, 2.45) is 10.9 Å². The van der Waals surface area contributed by atoms with Crippen LogP contribution in [0.25, 0.3) is 0 Å². The molecular formula is C23H37IN4O3S. The van der Waals surface area contributed by atoms with E-state index in [4.69, 9.17) is 4.99 Å². The van der Waals surface area contributed by atoms with E-state index in [-0.39, 0.29) is 41.6 Å². The molecule has 2 N–H and O–H groups in total. The molecule has 2 aliphatic rings. The van der Waals surface area contributed by atoms with Crippen molar-refractivity contribution in [1.82, 2.24) is 10.2 Å². The van der Waals surface area contributed by atoms with Gasteiger partial charge in [0.2, 0.25) is 5.91 Å². The van der Waals surface area contributed by atoms with E-state index in [1.807, 2.05) is 36.1 Å². The number of anilines is 1. The van der Waals surface area contributed by atoms with Crippen molar-refractivity contribution in [3.05, 3.63) is 29.8 Å². The lowest BCUT2D eigenvalue weighted by Gasteiger charge is -2.39. The van der Waals surface area contributed by atoms with Crippen molar-refractivity contribution in [3.63, 3.8) is 0 Å². The predicted molar refractivity (Wildman–Crippen MR) is 141 cm³/mol. The fraction of sp³-hybridized carbons (Fsp3) is 0.652. The maximum atomic E-state index is 12.5. The van der Waals surface area contributed by atoms with E-state index in [1.165, 1.54) is 6.42 Å². The van der Waals surface area contributed by atoms with Crippen LogP contribution in [0.15, 0.2) is 29.3 Å². The van der Waals surface area contributed by atoms with Gasteiger partial charge in [-0.2, -0.15) is 0 Å². The first kappa shape index (κ1) is 26.9. The lowest BCUT2D eigenvalue weighted by atomic mass is 9.88. The van der Waals surface area contributed by atoms with E-state index in [0.29, 0.717) is 26.2 Å². The number of nitrogens with zero attached hydrogens (tertiary/aromatic N) is 2. The molecule has 180 valence electrons. The molecule has 1 amide bonds. The highest BCUT2D eigenvalue weighted by Gasteiger charge is 2.40. The molecule has 1 aromatic carbocycles. The molecule has 1 heterocycles. The van der Waals surface area contributed by atoms with E-state index in [2.05, 4.69) is 10.6 Å². The molecule has 2 fully saturated rings. The summed E-state index contributed by atoms with van der Waals surface area (Å²) >= 11 is 0. The first-order valence-electron chi connectivity index (χ1n) is 11.4. The van der Waals surface area contributed by atoms with Crippen molar-refractivity contribution < 1.29 is 13.2 Å². The Balaban J connectivity index is 0.00000363. The summed E-state index contributed by atoms with van der Waals surface area (Å²) in [6, 6.07) is 7.81. The maximum Gasteiger partial charge on any atom is 0.227 e. The molecule has 3 rings (SSSR count). The van der Waals surface area contributed by atoms with Gasteiger partial charge in [-0.15, -0.1) is 24.0 Å². The van der Waals surface area contributed by atoms with E-state index in [1.54, 1.807) is 13.8 Å². The summed E-state index contributed by atoms with van der Waals surface area (Å²) < 4.78 is 23.9. The molecule has 9 heteroatoms. The number of aliphatic imine (C=N–C) groups is 1. The molecule has 0 bridgehead atoms. The molecule has 0 spiro atoms. The van der Waals surface area contributed by atoms with Crippen molar-refractivity contribution in [2.45, 2.75) is 64.2 Å². The van der Waals surface area contributed by atoms with Gasteiger partial charge >= 0.3 is 0 Å². The minimum Gasteiger partial charge on any atom is -0.357 e. The molecule has 1 saturated heterocycles. The normalized spacial score (nSPS) is 20.8. The molecule has 32 heavy (non-hydrogen) atoms. The highest BCUT2D eigenvalue weighted by Crippen LogP contribution is 2.26. The Bertz CT molecular complexity index is 912. The summed E-state index contributed by atoms with van der Waals surface area (Å²) in [6.45, 7) is 7.57. The number of carbonyl (C=O) groups excluding carboxylic acids is 1. The average molecular weight is 577 g/mol. The van der Waals surface area contributed by atoms with E-state index < -0.39 is 14.6 Å². The molecule has 1 saturated carbocycles. The standard InChI is InChI=1S/C23H36N4O3S.HI/c1-4-24-22(27-13-14-31(29,30)23(2,3)17-27)25-16-18-9-8-12-20(15-18)26-21(28)19-10-6-5-7-11-19;/h8-9,12,15,19H,4-7,10-11,13-14,16-17H2,1-3H3,(H,24,25)(H,26,28);1H.